The maximum Gasteiger partial charge on any atom is 0.235 e. The Morgan fingerprint density at radius 3 is 2.69 bits per heavy atom. The number of hydrogen-bond acceptors (Lipinski definition) is 8. The molecule has 0 radical (unpaired) electrons. The van der Waals surface area contributed by atoms with Crippen LogP contribution >= 0.6 is 0 Å². The topological polar surface area (TPSA) is 107 Å². The number of aromatic hydroxyl groups is 1. The molecule has 3 aromatic rings. The van der Waals surface area contributed by atoms with Crippen molar-refractivity contribution >= 4 is 22.4 Å². The Morgan fingerprint density at radius 1 is 1.22 bits per heavy atom. The third kappa shape index (κ3) is 3.30. The van der Waals surface area contributed by atoms with Crippen molar-refractivity contribution in [3.8, 4) is 11.9 Å². The number of hydrogen-bond donors (Lipinski definition) is 2. The smallest absolute Gasteiger partial charge is 0.235 e. The minimum absolute atomic E-state index is 0.0176. The summed E-state index contributed by atoms with van der Waals surface area (Å²) in [6.45, 7) is 7.16. The van der Waals surface area contributed by atoms with Crippen molar-refractivity contribution in [2.24, 2.45) is 0 Å². The van der Waals surface area contributed by atoms with E-state index >= 15 is 0 Å². The average molecular weight is 431 g/mol. The van der Waals surface area contributed by atoms with Crippen molar-refractivity contribution in [1.82, 2.24) is 15.2 Å². The van der Waals surface area contributed by atoms with Gasteiger partial charge in [-0.2, -0.15) is 10.4 Å². The van der Waals surface area contributed by atoms with E-state index in [4.69, 9.17) is 4.74 Å². The molecule has 2 aliphatic heterocycles. The zero-order chi connectivity index (χ0) is 22.4. The highest BCUT2D eigenvalue weighted by molar-refractivity contribution is 5.94. The van der Waals surface area contributed by atoms with Crippen molar-refractivity contribution in [3.05, 3.63) is 46.6 Å². The molecule has 2 saturated heterocycles. The fraction of sp³-hybridized carbons (Fsp3) is 0.417. The van der Waals surface area contributed by atoms with E-state index in [2.05, 4.69) is 31.5 Å². The van der Waals surface area contributed by atoms with Gasteiger partial charge in [0.1, 0.15) is 11.2 Å². The first kappa shape index (κ1) is 20.5. The molecule has 8 heteroatoms. The molecule has 1 aromatic carbocycles. The van der Waals surface area contributed by atoms with Crippen LogP contribution in [-0.2, 0) is 4.74 Å². The highest BCUT2D eigenvalue weighted by Crippen LogP contribution is 2.40. The zero-order valence-corrected chi connectivity index (χ0v) is 18.5. The largest absolute Gasteiger partial charge is 0.492 e. The van der Waals surface area contributed by atoms with Gasteiger partial charge in [-0.25, -0.2) is 4.98 Å². The number of rotatable bonds is 4. The Balaban J connectivity index is 1.57. The lowest BCUT2D eigenvalue weighted by molar-refractivity contribution is 0.0903. The third-order valence-electron chi connectivity index (χ3n) is 6.72. The number of aromatic nitrogens is 3. The molecule has 2 bridgehead atoms. The van der Waals surface area contributed by atoms with Crippen LogP contribution in [0.5, 0.6) is 5.88 Å². The SMILES string of the molecule is Cc1c(C#N)cccc1[C@@H](C)Nc1nnc(C)c2nc(O)c(N3C4CCC3COC4)cc12. The summed E-state index contributed by atoms with van der Waals surface area (Å²) in [4.78, 5) is 6.78. The molecule has 2 fully saturated rings. The maximum absolute atomic E-state index is 10.8. The number of aryl methyl sites for hydroxylation is 1. The Bertz CT molecular complexity index is 1220. The van der Waals surface area contributed by atoms with Crippen LogP contribution in [0.1, 0.15) is 48.2 Å². The number of morpholine rings is 1. The van der Waals surface area contributed by atoms with Crippen molar-refractivity contribution in [2.45, 2.75) is 51.7 Å². The monoisotopic (exact) mass is 430 g/mol. The first-order valence-electron chi connectivity index (χ1n) is 11.0. The molecule has 4 heterocycles. The number of nitrogens with zero attached hydrogens (tertiary/aromatic N) is 5. The van der Waals surface area contributed by atoms with Crippen molar-refractivity contribution in [3.63, 3.8) is 0 Å². The van der Waals surface area contributed by atoms with Crippen LogP contribution < -0.4 is 10.2 Å². The van der Waals surface area contributed by atoms with Crippen molar-refractivity contribution < 1.29 is 9.84 Å². The summed E-state index contributed by atoms with van der Waals surface area (Å²) in [5.74, 6) is 0.623. The van der Waals surface area contributed by atoms with E-state index < -0.39 is 0 Å². The first-order chi connectivity index (χ1) is 15.5. The number of nitriles is 1. The molecular formula is C24H26N6O2. The lowest BCUT2D eigenvalue weighted by Crippen LogP contribution is -2.46. The van der Waals surface area contributed by atoms with Gasteiger partial charge in [-0.05, 0) is 56.9 Å². The van der Waals surface area contributed by atoms with E-state index in [1.165, 1.54) is 0 Å². The van der Waals surface area contributed by atoms with E-state index in [1.54, 1.807) is 0 Å². The first-order valence-corrected chi connectivity index (χ1v) is 11.0. The number of pyridine rings is 1. The Labute approximate surface area is 186 Å². The Morgan fingerprint density at radius 2 is 1.97 bits per heavy atom. The molecule has 2 aliphatic rings. The van der Waals surface area contributed by atoms with Gasteiger partial charge in [0.2, 0.25) is 5.88 Å². The molecule has 0 aliphatic carbocycles. The van der Waals surface area contributed by atoms with E-state index in [1.807, 2.05) is 45.0 Å². The van der Waals surface area contributed by atoms with Gasteiger partial charge in [0.15, 0.2) is 5.82 Å². The van der Waals surface area contributed by atoms with E-state index in [0.717, 1.165) is 35.0 Å². The van der Waals surface area contributed by atoms with Crippen molar-refractivity contribution in [2.75, 3.05) is 23.4 Å². The Kier molecular flexibility index (Phi) is 5.06. The van der Waals surface area contributed by atoms with Gasteiger partial charge in [0, 0.05) is 5.39 Å². The van der Waals surface area contributed by atoms with Gasteiger partial charge in [0.25, 0.3) is 0 Å². The normalized spacial score (nSPS) is 20.9. The van der Waals surface area contributed by atoms with Crippen LogP contribution in [0.2, 0.25) is 0 Å². The second-order valence-corrected chi connectivity index (χ2v) is 8.69. The van der Waals surface area contributed by atoms with Crippen LogP contribution in [-0.4, -0.2) is 45.6 Å². The number of anilines is 2. The van der Waals surface area contributed by atoms with E-state index in [9.17, 15) is 10.4 Å². The second-order valence-electron chi connectivity index (χ2n) is 8.69. The fourth-order valence-electron chi connectivity index (χ4n) is 5.02. The molecule has 0 amide bonds. The molecule has 0 saturated carbocycles. The van der Waals surface area contributed by atoms with Gasteiger partial charge in [-0.1, -0.05) is 12.1 Å². The van der Waals surface area contributed by atoms with Crippen LogP contribution in [0.15, 0.2) is 24.3 Å². The molecule has 5 rings (SSSR count). The number of fused-ring (bicyclic) bond motifs is 3. The summed E-state index contributed by atoms with van der Waals surface area (Å²) in [7, 11) is 0. The van der Waals surface area contributed by atoms with Crippen molar-refractivity contribution in [1.29, 1.82) is 5.26 Å². The van der Waals surface area contributed by atoms with E-state index in [-0.39, 0.29) is 24.0 Å². The molecule has 2 N–H and O–H groups in total. The predicted molar refractivity (Wildman–Crippen MR) is 122 cm³/mol. The van der Waals surface area contributed by atoms with Gasteiger partial charge >= 0.3 is 0 Å². The Hall–Kier alpha value is -3.44. The van der Waals surface area contributed by atoms with Crippen LogP contribution in [0.3, 0.4) is 0 Å². The molecule has 0 spiro atoms. The average Bonchev–Trinajstić information content (AvgIpc) is 3.03. The molecule has 164 valence electrons. The zero-order valence-electron chi connectivity index (χ0n) is 18.5. The highest BCUT2D eigenvalue weighted by atomic mass is 16.5. The molecule has 3 atom stereocenters. The number of nitrogens with one attached hydrogen (secondary N) is 1. The highest BCUT2D eigenvalue weighted by Gasteiger charge is 2.39. The minimum atomic E-state index is -0.0969. The minimum Gasteiger partial charge on any atom is -0.492 e. The van der Waals surface area contributed by atoms with E-state index in [0.29, 0.717) is 35.8 Å². The van der Waals surface area contributed by atoms with Gasteiger partial charge in [0.05, 0.1) is 48.7 Å². The van der Waals surface area contributed by atoms with Gasteiger partial charge < -0.3 is 20.1 Å². The summed E-state index contributed by atoms with van der Waals surface area (Å²) < 4.78 is 5.71. The maximum atomic E-state index is 10.8. The summed E-state index contributed by atoms with van der Waals surface area (Å²) in [5, 5.41) is 33.1. The third-order valence-corrected chi connectivity index (χ3v) is 6.72. The summed E-state index contributed by atoms with van der Waals surface area (Å²) in [6, 6.07) is 10.4. The van der Waals surface area contributed by atoms with Crippen LogP contribution in [0.4, 0.5) is 11.5 Å². The second kappa shape index (κ2) is 7.92. The standard InChI is InChI=1S/C24H26N6O2/c1-13-16(10-25)5-4-6-19(13)14(2)26-23-20-9-21(24(31)27-22(20)15(3)28-29-23)30-17-7-8-18(30)12-32-11-17/h4-6,9,14,17-18H,7-8,11-12H2,1-3H3,(H,26,29)(H,27,31)/t14-,17?,18?/m1/s1. The summed E-state index contributed by atoms with van der Waals surface area (Å²) in [5.41, 5.74) is 4.64. The lowest BCUT2D eigenvalue weighted by atomic mass is 9.98. The van der Waals surface area contributed by atoms with Gasteiger partial charge in [-0.3, -0.25) is 0 Å². The molecule has 2 unspecified atom stereocenters. The number of benzene rings is 1. The number of ether oxygens (including phenoxy) is 1. The van der Waals surface area contributed by atoms with Gasteiger partial charge in [-0.15, -0.1) is 5.10 Å². The fourth-order valence-corrected chi connectivity index (χ4v) is 5.02. The molecule has 2 aromatic heterocycles. The van der Waals surface area contributed by atoms with Crippen LogP contribution in [0, 0.1) is 25.2 Å². The summed E-state index contributed by atoms with van der Waals surface area (Å²) >= 11 is 0. The molecule has 32 heavy (non-hydrogen) atoms. The van der Waals surface area contributed by atoms with Crippen LogP contribution in [0.25, 0.3) is 10.9 Å². The predicted octanol–water partition coefficient (Wildman–Crippen LogP) is 3.76. The lowest BCUT2D eigenvalue weighted by Gasteiger charge is -2.36. The molecule has 8 nitrogen and oxygen atoms in total. The molecular weight excluding hydrogens is 404 g/mol. The quantitative estimate of drug-likeness (QED) is 0.644. The summed E-state index contributed by atoms with van der Waals surface area (Å²) in [6.07, 6.45) is 2.10.